The molecule has 1 amide bonds. The minimum Gasteiger partial charge on any atom is -0.383 e. The van der Waals surface area contributed by atoms with Gasteiger partial charge >= 0.3 is 0 Å². The number of ether oxygens (including phenoxy) is 1. The maximum absolute atomic E-state index is 11.7. The smallest absolute Gasteiger partial charge is 0.220 e. The van der Waals surface area contributed by atoms with Crippen LogP contribution in [-0.4, -0.2) is 39.3 Å². The highest BCUT2D eigenvalue weighted by molar-refractivity contribution is 9.10. The third-order valence-electron chi connectivity index (χ3n) is 2.97. The van der Waals surface area contributed by atoms with Crippen molar-refractivity contribution in [2.24, 2.45) is 0 Å². The second-order valence-electron chi connectivity index (χ2n) is 4.68. The molecule has 1 aromatic carbocycles. The summed E-state index contributed by atoms with van der Waals surface area (Å²) in [6.45, 7) is 4.98. The molecule has 112 valence electrons. The van der Waals surface area contributed by atoms with Gasteiger partial charge in [-0.15, -0.1) is 0 Å². The van der Waals surface area contributed by atoms with Crippen molar-refractivity contribution in [1.29, 1.82) is 0 Å². The van der Waals surface area contributed by atoms with Crippen LogP contribution in [0.4, 0.5) is 0 Å². The van der Waals surface area contributed by atoms with E-state index in [4.69, 9.17) is 4.74 Å². The van der Waals surface area contributed by atoms with Crippen LogP contribution in [0.5, 0.6) is 0 Å². The van der Waals surface area contributed by atoms with Crippen molar-refractivity contribution in [3.8, 4) is 0 Å². The minimum absolute atomic E-state index is 0.0964. The van der Waals surface area contributed by atoms with Crippen molar-refractivity contribution >= 4 is 21.8 Å². The molecule has 0 unspecified atom stereocenters. The standard InChI is InChI=1S/C15H23BrN2O2/c1-12-11-13(3-5-14(12)16)4-6-15(19)18-8-7-17-9-10-20-2/h3,5,11,17H,4,6-10H2,1-2H3,(H,18,19). The predicted molar refractivity (Wildman–Crippen MR) is 85.0 cm³/mol. The Kier molecular flexibility index (Phi) is 8.49. The van der Waals surface area contributed by atoms with Gasteiger partial charge in [0.15, 0.2) is 0 Å². The monoisotopic (exact) mass is 342 g/mol. The van der Waals surface area contributed by atoms with Crippen LogP contribution in [0, 0.1) is 6.92 Å². The summed E-state index contributed by atoms with van der Waals surface area (Å²) in [6.07, 6.45) is 1.30. The lowest BCUT2D eigenvalue weighted by atomic mass is 10.1. The lowest BCUT2D eigenvalue weighted by Gasteiger charge is -2.07. The number of hydrogen-bond donors (Lipinski definition) is 2. The fraction of sp³-hybridized carbons (Fsp3) is 0.533. The van der Waals surface area contributed by atoms with Crippen LogP contribution in [0.15, 0.2) is 22.7 Å². The molecule has 0 fully saturated rings. The van der Waals surface area contributed by atoms with E-state index < -0.39 is 0 Å². The molecule has 0 spiro atoms. The fourth-order valence-electron chi connectivity index (χ4n) is 1.80. The molecule has 20 heavy (non-hydrogen) atoms. The zero-order chi connectivity index (χ0) is 14.8. The Morgan fingerprint density at radius 3 is 2.80 bits per heavy atom. The number of hydrogen-bond acceptors (Lipinski definition) is 3. The van der Waals surface area contributed by atoms with E-state index in [1.807, 2.05) is 6.07 Å². The van der Waals surface area contributed by atoms with Crippen LogP contribution < -0.4 is 10.6 Å². The van der Waals surface area contributed by atoms with Gasteiger partial charge in [-0.05, 0) is 30.5 Å². The topological polar surface area (TPSA) is 50.4 Å². The molecular weight excluding hydrogens is 320 g/mol. The lowest BCUT2D eigenvalue weighted by molar-refractivity contribution is -0.121. The molecule has 0 bridgehead atoms. The van der Waals surface area contributed by atoms with Crippen molar-refractivity contribution in [3.63, 3.8) is 0 Å². The van der Waals surface area contributed by atoms with E-state index in [1.54, 1.807) is 7.11 Å². The lowest BCUT2D eigenvalue weighted by Crippen LogP contribution is -2.33. The first-order valence-corrected chi connectivity index (χ1v) is 7.64. The number of methoxy groups -OCH3 is 1. The Bertz CT molecular complexity index is 424. The summed E-state index contributed by atoms with van der Waals surface area (Å²) in [5, 5.41) is 6.09. The number of halogens is 1. The summed E-state index contributed by atoms with van der Waals surface area (Å²) in [5.41, 5.74) is 2.39. The fourth-order valence-corrected chi connectivity index (χ4v) is 2.04. The number of amides is 1. The number of aryl methyl sites for hydroxylation is 2. The van der Waals surface area contributed by atoms with Crippen LogP contribution in [0.2, 0.25) is 0 Å². The van der Waals surface area contributed by atoms with Crippen molar-refractivity contribution in [2.75, 3.05) is 33.4 Å². The number of rotatable bonds is 9. The Morgan fingerprint density at radius 2 is 2.10 bits per heavy atom. The average Bonchev–Trinajstić information content (AvgIpc) is 2.44. The summed E-state index contributed by atoms with van der Waals surface area (Å²) in [7, 11) is 1.67. The maximum atomic E-state index is 11.7. The maximum Gasteiger partial charge on any atom is 0.220 e. The summed E-state index contributed by atoms with van der Waals surface area (Å²) < 4.78 is 6.03. The highest BCUT2D eigenvalue weighted by Gasteiger charge is 2.03. The summed E-state index contributed by atoms with van der Waals surface area (Å²) in [4.78, 5) is 11.7. The van der Waals surface area contributed by atoms with Crippen molar-refractivity contribution in [3.05, 3.63) is 33.8 Å². The molecule has 0 aromatic heterocycles. The molecule has 4 nitrogen and oxygen atoms in total. The predicted octanol–water partition coefficient (Wildman–Crippen LogP) is 2.04. The first-order valence-electron chi connectivity index (χ1n) is 6.85. The largest absolute Gasteiger partial charge is 0.383 e. The number of benzene rings is 1. The molecule has 0 aliphatic rings. The van der Waals surface area contributed by atoms with E-state index in [0.29, 0.717) is 19.6 Å². The van der Waals surface area contributed by atoms with Gasteiger partial charge in [-0.1, -0.05) is 28.1 Å². The number of carbonyl (C=O) groups excluding carboxylic acids is 1. The first-order chi connectivity index (χ1) is 9.63. The second kappa shape index (κ2) is 9.91. The molecule has 0 radical (unpaired) electrons. The number of nitrogens with one attached hydrogen (secondary N) is 2. The van der Waals surface area contributed by atoms with Crippen molar-refractivity contribution < 1.29 is 9.53 Å². The molecule has 0 aliphatic heterocycles. The van der Waals surface area contributed by atoms with Gasteiger partial charge in [0.1, 0.15) is 0 Å². The average molecular weight is 343 g/mol. The van der Waals surface area contributed by atoms with E-state index in [-0.39, 0.29) is 5.91 Å². The molecule has 1 aromatic rings. The van der Waals surface area contributed by atoms with Crippen LogP contribution >= 0.6 is 15.9 Å². The molecule has 0 saturated carbocycles. The molecule has 1 rings (SSSR count). The normalized spacial score (nSPS) is 10.6. The highest BCUT2D eigenvalue weighted by Crippen LogP contribution is 2.17. The Morgan fingerprint density at radius 1 is 1.30 bits per heavy atom. The van der Waals surface area contributed by atoms with Crippen LogP contribution in [0.25, 0.3) is 0 Å². The Labute approximate surface area is 129 Å². The number of carbonyl (C=O) groups is 1. The zero-order valence-corrected chi connectivity index (χ0v) is 13.8. The third kappa shape index (κ3) is 7.03. The van der Waals surface area contributed by atoms with Gasteiger partial charge in [-0.3, -0.25) is 4.79 Å². The highest BCUT2D eigenvalue weighted by atomic mass is 79.9. The first kappa shape index (κ1) is 17.1. The van der Waals surface area contributed by atoms with Gasteiger partial charge in [0.2, 0.25) is 5.91 Å². The van der Waals surface area contributed by atoms with Crippen LogP contribution in [-0.2, 0) is 16.0 Å². The molecule has 2 N–H and O–H groups in total. The van der Waals surface area contributed by atoms with E-state index in [2.05, 4.69) is 45.6 Å². The van der Waals surface area contributed by atoms with Gasteiger partial charge in [0, 0.05) is 37.6 Å². The van der Waals surface area contributed by atoms with Gasteiger partial charge in [0.25, 0.3) is 0 Å². The molecule has 0 aliphatic carbocycles. The third-order valence-corrected chi connectivity index (χ3v) is 3.86. The molecule has 5 heteroatoms. The Hall–Kier alpha value is -0.910. The van der Waals surface area contributed by atoms with Gasteiger partial charge < -0.3 is 15.4 Å². The zero-order valence-electron chi connectivity index (χ0n) is 12.2. The summed E-state index contributed by atoms with van der Waals surface area (Å²) in [5.74, 6) is 0.0964. The second-order valence-corrected chi connectivity index (χ2v) is 5.53. The molecular formula is C15H23BrN2O2. The van der Waals surface area contributed by atoms with Gasteiger partial charge in [0.05, 0.1) is 6.61 Å². The minimum atomic E-state index is 0.0964. The van der Waals surface area contributed by atoms with Crippen LogP contribution in [0.1, 0.15) is 17.5 Å². The van der Waals surface area contributed by atoms with Crippen LogP contribution in [0.3, 0.4) is 0 Å². The molecule has 0 saturated heterocycles. The summed E-state index contributed by atoms with van der Waals surface area (Å²) in [6, 6.07) is 6.20. The SMILES string of the molecule is COCCNCCNC(=O)CCc1ccc(Br)c(C)c1. The Balaban J connectivity index is 2.15. The van der Waals surface area contributed by atoms with Gasteiger partial charge in [-0.2, -0.15) is 0 Å². The molecule has 0 heterocycles. The van der Waals surface area contributed by atoms with E-state index in [0.717, 1.165) is 24.0 Å². The molecule has 0 atom stereocenters. The van der Waals surface area contributed by atoms with E-state index in [9.17, 15) is 4.79 Å². The van der Waals surface area contributed by atoms with E-state index in [1.165, 1.54) is 11.1 Å². The van der Waals surface area contributed by atoms with Crippen molar-refractivity contribution in [2.45, 2.75) is 19.8 Å². The van der Waals surface area contributed by atoms with E-state index >= 15 is 0 Å². The quantitative estimate of drug-likeness (QED) is 0.675. The van der Waals surface area contributed by atoms with Gasteiger partial charge in [-0.25, -0.2) is 0 Å². The summed E-state index contributed by atoms with van der Waals surface area (Å²) >= 11 is 3.47. The van der Waals surface area contributed by atoms with Crippen molar-refractivity contribution in [1.82, 2.24) is 10.6 Å².